The Kier molecular flexibility index (Phi) is 4.98. The fraction of sp³-hybridized carbons (Fsp3) is 0.652. The van der Waals surface area contributed by atoms with Gasteiger partial charge in [-0.15, -0.1) is 0 Å². The van der Waals surface area contributed by atoms with Crippen LogP contribution in [-0.2, 0) is 9.53 Å². The second-order valence-electron chi connectivity index (χ2n) is 9.50. The molecule has 0 aromatic heterocycles. The summed E-state index contributed by atoms with van der Waals surface area (Å²) in [7, 11) is 0. The fourth-order valence-corrected chi connectivity index (χ4v) is 6.42. The Labute approximate surface area is 167 Å². The summed E-state index contributed by atoms with van der Waals surface area (Å²) in [6.07, 6.45) is 4.36. The number of benzene rings is 1. The summed E-state index contributed by atoms with van der Waals surface area (Å²) in [4.78, 5) is 24.2. The Bertz CT molecular complexity index is 747. The Balaban J connectivity index is 1.42. The Hall–Kier alpha value is -1.88. The maximum absolute atomic E-state index is 12.3. The van der Waals surface area contributed by atoms with Crippen molar-refractivity contribution in [1.29, 1.82) is 0 Å². The van der Waals surface area contributed by atoms with E-state index in [1.165, 1.54) is 12.8 Å². The van der Waals surface area contributed by atoms with Gasteiger partial charge in [-0.3, -0.25) is 9.59 Å². The predicted octanol–water partition coefficient (Wildman–Crippen LogP) is 3.15. The van der Waals surface area contributed by atoms with Crippen LogP contribution in [0.15, 0.2) is 30.3 Å². The zero-order valence-electron chi connectivity index (χ0n) is 17.2. The molecular formula is C23H32N2O3. The van der Waals surface area contributed by atoms with Gasteiger partial charge in [0.25, 0.3) is 5.91 Å². The molecule has 5 nitrogen and oxygen atoms in total. The van der Waals surface area contributed by atoms with Gasteiger partial charge in [-0.05, 0) is 60.5 Å². The molecule has 2 N–H and O–H groups in total. The maximum atomic E-state index is 12.3. The van der Waals surface area contributed by atoms with Crippen molar-refractivity contribution in [2.75, 3.05) is 13.2 Å². The number of hydrogen-bond donors (Lipinski definition) is 2. The molecule has 2 aliphatic carbocycles. The summed E-state index contributed by atoms with van der Waals surface area (Å²) in [6.45, 7) is 7.61. The minimum Gasteiger partial charge on any atom is -0.378 e. The van der Waals surface area contributed by atoms with Crippen molar-refractivity contribution < 1.29 is 14.3 Å². The Morgan fingerprint density at radius 1 is 1.21 bits per heavy atom. The molecule has 28 heavy (non-hydrogen) atoms. The van der Waals surface area contributed by atoms with Gasteiger partial charge in [-0.2, -0.15) is 0 Å². The molecule has 1 unspecified atom stereocenters. The monoisotopic (exact) mass is 384 g/mol. The van der Waals surface area contributed by atoms with Gasteiger partial charge >= 0.3 is 0 Å². The standard InChI is InChI=1S/C23H32N2O3/c1-15(26)25-21-22(2,3)17-13-18-19(28-12-10-23(18,21)14-17)9-11-24-20(27)16-7-5-4-6-8-16/h4-8,17-19,21H,9-14H2,1-3H3,(H,24,27)(H,25,26)/t17-,18-,19-,21+,23?/m1/s1. The Morgan fingerprint density at radius 2 is 1.96 bits per heavy atom. The van der Waals surface area contributed by atoms with Gasteiger partial charge in [0.15, 0.2) is 0 Å². The summed E-state index contributed by atoms with van der Waals surface area (Å²) >= 11 is 0. The topological polar surface area (TPSA) is 67.4 Å². The zero-order chi connectivity index (χ0) is 19.9. The lowest BCUT2D eigenvalue weighted by Crippen LogP contribution is -2.60. The van der Waals surface area contributed by atoms with Gasteiger partial charge in [0.05, 0.1) is 6.10 Å². The zero-order valence-corrected chi connectivity index (χ0v) is 17.2. The minimum absolute atomic E-state index is 0.0312. The first kappa shape index (κ1) is 19.4. The fourth-order valence-electron chi connectivity index (χ4n) is 6.42. The average Bonchev–Trinajstić information content (AvgIpc) is 3.16. The molecule has 152 valence electrons. The van der Waals surface area contributed by atoms with Gasteiger partial charge in [0, 0.05) is 31.7 Å². The van der Waals surface area contributed by atoms with Crippen LogP contribution in [-0.4, -0.2) is 37.1 Å². The number of rotatable bonds is 5. The van der Waals surface area contributed by atoms with E-state index in [0.29, 0.717) is 23.9 Å². The van der Waals surface area contributed by atoms with E-state index in [1.807, 2.05) is 30.3 Å². The largest absolute Gasteiger partial charge is 0.378 e. The number of nitrogens with one attached hydrogen (secondary N) is 2. The summed E-state index contributed by atoms with van der Waals surface area (Å²) in [5.74, 6) is 1.12. The second kappa shape index (κ2) is 7.18. The summed E-state index contributed by atoms with van der Waals surface area (Å²) in [5, 5.41) is 6.34. The first-order valence-electron chi connectivity index (χ1n) is 10.6. The van der Waals surface area contributed by atoms with Crippen LogP contribution in [0.3, 0.4) is 0 Å². The molecule has 3 aliphatic rings. The van der Waals surface area contributed by atoms with E-state index >= 15 is 0 Å². The molecule has 0 radical (unpaired) electrons. The third kappa shape index (κ3) is 3.14. The lowest BCUT2D eigenvalue weighted by atomic mass is 9.59. The van der Waals surface area contributed by atoms with Crippen LogP contribution in [0.4, 0.5) is 0 Å². The number of fused-ring (bicyclic) bond motifs is 1. The molecule has 1 saturated heterocycles. The number of hydrogen-bond acceptors (Lipinski definition) is 3. The van der Waals surface area contributed by atoms with E-state index in [2.05, 4.69) is 24.5 Å². The van der Waals surface area contributed by atoms with E-state index in [9.17, 15) is 9.59 Å². The lowest BCUT2D eigenvalue weighted by Gasteiger charge is -2.53. The smallest absolute Gasteiger partial charge is 0.251 e. The van der Waals surface area contributed by atoms with Crippen LogP contribution >= 0.6 is 0 Å². The van der Waals surface area contributed by atoms with Crippen molar-refractivity contribution in [2.24, 2.45) is 22.7 Å². The van der Waals surface area contributed by atoms with Crippen molar-refractivity contribution in [3.63, 3.8) is 0 Å². The summed E-state index contributed by atoms with van der Waals surface area (Å²) in [6, 6.07) is 9.54. The van der Waals surface area contributed by atoms with Crippen molar-refractivity contribution in [3.05, 3.63) is 35.9 Å². The molecule has 5 heteroatoms. The molecule has 2 bridgehead atoms. The second-order valence-corrected chi connectivity index (χ2v) is 9.50. The highest BCUT2D eigenvalue weighted by atomic mass is 16.5. The number of amides is 2. The molecule has 3 fully saturated rings. The quantitative estimate of drug-likeness (QED) is 0.819. The average molecular weight is 385 g/mol. The third-order valence-corrected chi connectivity index (χ3v) is 7.72. The Morgan fingerprint density at radius 3 is 2.68 bits per heavy atom. The molecule has 1 spiro atoms. The molecule has 2 amide bonds. The molecule has 5 atom stereocenters. The normalized spacial score (nSPS) is 35.2. The molecule has 1 aromatic rings. The predicted molar refractivity (Wildman–Crippen MR) is 108 cm³/mol. The lowest BCUT2D eigenvalue weighted by molar-refractivity contribution is -0.135. The van der Waals surface area contributed by atoms with Crippen molar-refractivity contribution >= 4 is 11.8 Å². The van der Waals surface area contributed by atoms with Crippen LogP contribution < -0.4 is 10.6 Å². The van der Waals surface area contributed by atoms with E-state index in [4.69, 9.17) is 4.74 Å². The van der Waals surface area contributed by atoms with E-state index in [-0.39, 0.29) is 34.8 Å². The SMILES string of the molecule is CC(=O)N[C@H]1C(C)(C)[C@@H]2C[C@@H]3[C@@H](CCNC(=O)c4ccccc4)OCCC31C2. The molecule has 1 heterocycles. The summed E-state index contributed by atoms with van der Waals surface area (Å²) < 4.78 is 6.18. The maximum Gasteiger partial charge on any atom is 0.251 e. The molecule has 1 aromatic carbocycles. The molecular weight excluding hydrogens is 352 g/mol. The van der Waals surface area contributed by atoms with E-state index in [0.717, 1.165) is 19.4 Å². The number of carbonyl (C=O) groups is 2. The van der Waals surface area contributed by atoms with Crippen LogP contribution in [0.5, 0.6) is 0 Å². The number of carbonyl (C=O) groups excluding carboxylic acids is 2. The van der Waals surface area contributed by atoms with Gasteiger partial charge < -0.3 is 15.4 Å². The highest BCUT2D eigenvalue weighted by Crippen LogP contribution is 2.68. The number of ether oxygens (including phenoxy) is 1. The van der Waals surface area contributed by atoms with Gasteiger partial charge in [0.1, 0.15) is 0 Å². The van der Waals surface area contributed by atoms with Gasteiger partial charge in [0.2, 0.25) is 5.91 Å². The van der Waals surface area contributed by atoms with E-state index < -0.39 is 0 Å². The van der Waals surface area contributed by atoms with Crippen LogP contribution in [0.2, 0.25) is 0 Å². The van der Waals surface area contributed by atoms with E-state index in [1.54, 1.807) is 6.92 Å². The van der Waals surface area contributed by atoms with Crippen LogP contribution in [0, 0.1) is 22.7 Å². The van der Waals surface area contributed by atoms with Crippen molar-refractivity contribution in [1.82, 2.24) is 10.6 Å². The first-order chi connectivity index (χ1) is 13.3. The van der Waals surface area contributed by atoms with Crippen molar-refractivity contribution in [3.8, 4) is 0 Å². The highest BCUT2D eigenvalue weighted by molar-refractivity contribution is 5.94. The van der Waals surface area contributed by atoms with Crippen LogP contribution in [0.1, 0.15) is 56.8 Å². The molecule has 2 saturated carbocycles. The van der Waals surface area contributed by atoms with Crippen LogP contribution in [0.25, 0.3) is 0 Å². The van der Waals surface area contributed by atoms with Crippen molar-refractivity contribution in [2.45, 2.75) is 58.6 Å². The molecule has 1 aliphatic heterocycles. The molecule has 4 rings (SSSR count). The van der Waals surface area contributed by atoms with Gasteiger partial charge in [-0.25, -0.2) is 0 Å². The summed E-state index contributed by atoms with van der Waals surface area (Å²) in [5.41, 5.74) is 0.966. The van der Waals surface area contributed by atoms with Gasteiger partial charge in [-0.1, -0.05) is 32.0 Å². The third-order valence-electron chi connectivity index (χ3n) is 7.72. The highest BCUT2D eigenvalue weighted by Gasteiger charge is 2.68. The minimum atomic E-state index is -0.0312. The first-order valence-corrected chi connectivity index (χ1v) is 10.6.